The number of para-hydroxylation sites is 1. The van der Waals surface area contributed by atoms with Crippen molar-refractivity contribution in [2.75, 3.05) is 12.4 Å². The molecule has 0 aliphatic heterocycles. The lowest BCUT2D eigenvalue weighted by Gasteiger charge is -2.14. The number of hydrogen-bond acceptors (Lipinski definition) is 3. The molecule has 3 aromatic carbocycles. The largest absolute Gasteiger partial charge is 0.493 e. The molecule has 0 unspecified atom stereocenters. The van der Waals surface area contributed by atoms with Crippen LogP contribution in [0.25, 0.3) is 6.08 Å². The summed E-state index contributed by atoms with van der Waals surface area (Å²) in [6, 6.07) is 14.1. The Morgan fingerprint density at radius 1 is 1.09 bits per heavy atom. The molecule has 3 aromatic rings. The first-order valence-corrected chi connectivity index (χ1v) is 10.4. The topological polar surface area (TPSA) is 47.6 Å². The number of rotatable bonds is 7. The van der Waals surface area contributed by atoms with Crippen molar-refractivity contribution >= 4 is 33.6 Å². The smallest absolute Gasteiger partial charge is 0.418 e. The van der Waals surface area contributed by atoms with Crippen LogP contribution in [0.3, 0.4) is 0 Å². The Bertz CT molecular complexity index is 1180. The second kappa shape index (κ2) is 10.5. The molecule has 172 valence electrons. The Kier molecular flexibility index (Phi) is 7.75. The minimum atomic E-state index is -4.59. The van der Waals surface area contributed by atoms with Crippen molar-refractivity contribution in [3.05, 3.63) is 93.7 Å². The molecule has 0 aliphatic rings. The van der Waals surface area contributed by atoms with Crippen LogP contribution in [0.1, 0.15) is 16.7 Å². The minimum absolute atomic E-state index is 0.0299. The molecule has 0 fully saturated rings. The van der Waals surface area contributed by atoms with Crippen LogP contribution in [0.4, 0.5) is 23.2 Å². The molecule has 0 heterocycles. The van der Waals surface area contributed by atoms with Gasteiger partial charge in [-0.3, -0.25) is 4.79 Å². The van der Waals surface area contributed by atoms with E-state index >= 15 is 0 Å². The van der Waals surface area contributed by atoms with Gasteiger partial charge in [0, 0.05) is 11.6 Å². The third-order valence-corrected chi connectivity index (χ3v) is 5.09. The molecule has 0 bridgehead atoms. The monoisotopic (exact) mass is 523 g/mol. The molecular weight excluding hydrogens is 506 g/mol. The number of halogens is 5. The van der Waals surface area contributed by atoms with Crippen molar-refractivity contribution in [2.24, 2.45) is 0 Å². The Hall–Kier alpha value is -3.33. The third kappa shape index (κ3) is 6.35. The van der Waals surface area contributed by atoms with Crippen LogP contribution in [0, 0.1) is 5.82 Å². The summed E-state index contributed by atoms with van der Waals surface area (Å²) in [4.78, 5) is 12.2. The van der Waals surface area contributed by atoms with E-state index in [0.717, 1.165) is 12.1 Å². The molecule has 33 heavy (non-hydrogen) atoms. The number of carbonyl (C=O) groups excluding carboxylic acids is 1. The van der Waals surface area contributed by atoms with Gasteiger partial charge in [-0.25, -0.2) is 4.39 Å². The SMILES string of the molecule is COc1cc(/C=C/C(=O)Nc2ccccc2C(F)(F)F)cc(Br)c1OCc1ccccc1F. The zero-order valence-corrected chi connectivity index (χ0v) is 18.8. The number of hydrogen-bond donors (Lipinski definition) is 1. The van der Waals surface area contributed by atoms with E-state index in [1.807, 2.05) is 0 Å². The van der Waals surface area contributed by atoms with E-state index in [4.69, 9.17) is 9.47 Å². The number of alkyl halides is 3. The average molecular weight is 524 g/mol. The predicted molar refractivity (Wildman–Crippen MR) is 121 cm³/mol. The maximum atomic E-state index is 13.8. The van der Waals surface area contributed by atoms with Gasteiger partial charge >= 0.3 is 6.18 Å². The van der Waals surface area contributed by atoms with E-state index in [1.54, 1.807) is 30.3 Å². The Morgan fingerprint density at radius 3 is 2.48 bits per heavy atom. The van der Waals surface area contributed by atoms with Crippen LogP contribution in [0.2, 0.25) is 0 Å². The first-order chi connectivity index (χ1) is 15.7. The summed E-state index contributed by atoms with van der Waals surface area (Å²) in [7, 11) is 1.42. The summed E-state index contributed by atoms with van der Waals surface area (Å²) >= 11 is 3.36. The van der Waals surface area contributed by atoms with Crippen LogP contribution in [0.15, 0.2) is 71.2 Å². The maximum Gasteiger partial charge on any atom is 0.418 e. The lowest BCUT2D eigenvalue weighted by molar-refractivity contribution is -0.136. The second-order valence-corrected chi connectivity index (χ2v) is 7.63. The third-order valence-electron chi connectivity index (χ3n) is 4.50. The van der Waals surface area contributed by atoms with Gasteiger partial charge in [0.1, 0.15) is 12.4 Å². The highest BCUT2D eigenvalue weighted by Gasteiger charge is 2.33. The average Bonchev–Trinajstić information content (AvgIpc) is 2.77. The van der Waals surface area contributed by atoms with Gasteiger partial charge in [-0.05, 0) is 57.9 Å². The molecule has 0 radical (unpaired) electrons. The van der Waals surface area contributed by atoms with Gasteiger partial charge in [-0.1, -0.05) is 30.3 Å². The zero-order chi connectivity index (χ0) is 24.0. The van der Waals surface area contributed by atoms with Gasteiger partial charge in [0.05, 0.1) is 22.8 Å². The fraction of sp³-hybridized carbons (Fsp3) is 0.125. The van der Waals surface area contributed by atoms with Gasteiger partial charge < -0.3 is 14.8 Å². The number of nitrogens with one attached hydrogen (secondary N) is 1. The number of benzene rings is 3. The molecular formula is C24H18BrF4NO3. The van der Waals surface area contributed by atoms with Crippen LogP contribution in [-0.4, -0.2) is 13.0 Å². The summed E-state index contributed by atoms with van der Waals surface area (Å²) in [6.07, 6.45) is -2.07. The molecule has 0 atom stereocenters. The molecule has 0 aromatic heterocycles. The quantitative estimate of drug-likeness (QED) is 0.272. The first-order valence-electron chi connectivity index (χ1n) is 9.58. The fourth-order valence-corrected chi connectivity index (χ4v) is 3.50. The predicted octanol–water partition coefficient (Wildman–Crippen LogP) is 6.85. The molecule has 0 saturated carbocycles. The van der Waals surface area contributed by atoms with Gasteiger partial charge in [0.2, 0.25) is 5.91 Å². The number of ether oxygens (including phenoxy) is 2. The Morgan fingerprint density at radius 2 is 1.79 bits per heavy atom. The van der Waals surface area contributed by atoms with E-state index in [-0.39, 0.29) is 12.3 Å². The summed E-state index contributed by atoms with van der Waals surface area (Å²) in [5.74, 6) is -0.475. The van der Waals surface area contributed by atoms with Crippen LogP contribution >= 0.6 is 15.9 Å². The number of amides is 1. The van der Waals surface area contributed by atoms with E-state index in [1.165, 1.54) is 37.5 Å². The van der Waals surface area contributed by atoms with Crippen molar-refractivity contribution in [1.82, 2.24) is 0 Å². The van der Waals surface area contributed by atoms with Crippen molar-refractivity contribution in [1.29, 1.82) is 0 Å². The highest BCUT2D eigenvalue weighted by Crippen LogP contribution is 2.38. The van der Waals surface area contributed by atoms with Crippen molar-refractivity contribution < 1.29 is 31.8 Å². The molecule has 9 heteroatoms. The van der Waals surface area contributed by atoms with Gasteiger partial charge in [0.25, 0.3) is 0 Å². The van der Waals surface area contributed by atoms with Crippen molar-refractivity contribution in [3.8, 4) is 11.5 Å². The minimum Gasteiger partial charge on any atom is -0.493 e. The van der Waals surface area contributed by atoms with E-state index in [0.29, 0.717) is 27.1 Å². The molecule has 4 nitrogen and oxygen atoms in total. The maximum absolute atomic E-state index is 13.8. The fourth-order valence-electron chi connectivity index (χ4n) is 2.93. The van der Waals surface area contributed by atoms with Crippen LogP contribution in [0.5, 0.6) is 11.5 Å². The second-order valence-electron chi connectivity index (χ2n) is 6.78. The summed E-state index contributed by atoms with van der Waals surface area (Å²) in [5, 5.41) is 2.24. The highest BCUT2D eigenvalue weighted by atomic mass is 79.9. The van der Waals surface area contributed by atoms with Crippen LogP contribution in [-0.2, 0) is 17.6 Å². The summed E-state index contributed by atoms with van der Waals surface area (Å²) in [6.45, 7) is -0.0299. The molecule has 3 rings (SSSR count). The zero-order valence-electron chi connectivity index (χ0n) is 17.2. The number of anilines is 1. The molecule has 0 saturated heterocycles. The van der Waals surface area contributed by atoms with Gasteiger partial charge in [0.15, 0.2) is 11.5 Å². The normalized spacial score (nSPS) is 11.5. The van der Waals surface area contributed by atoms with Crippen molar-refractivity contribution in [3.63, 3.8) is 0 Å². The molecule has 1 N–H and O–H groups in total. The molecule has 0 spiro atoms. The number of methoxy groups -OCH3 is 1. The molecule has 1 amide bonds. The van der Waals surface area contributed by atoms with E-state index in [9.17, 15) is 22.4 Å². The van der Waals surface area contributed by atoms with Gasteiger partial charge in [-0.2, -0.15) is 13.2 Å². The lowest BCUT2D eigenvalue weighted by Crippen LogP contribution is -2.14. The van der Waals surface area contributed by atoms with Crippen molar-refractivity contribution in [2.45, 2.75) is 12.8 Å². The molecule has 0 aliphatic carbocycles. The Balaban J connectivity index is 1.74. The first kappa shape index (κ1) is 24.3. The van der Waals surface area contributed by atoms with Crippen LogP contribution < -0.4 is 14.8 Å². The Labute approximate surface area is 196 Å². The summed E-state index contributed by atoms with van der Waals surface area (Å²) in [5.41, 5.74) is -0.384. The lowest BCUT2D eigenvalue weighted by atomic mass is 10.1. The summed E-state index contributed by atoms with van der Waals surface area (Å²) < 4.78 is 64.6. The highest BCUT2D eigenvalue weighted by molar-refractivity contribution is 9.10. The standard InChI is InChI=1S/C24H18BrF4NO3/c1-32-21-13-15(12-18(25)23(21)33-14-16-6-2-4-8-19(16)26)10-11-22(31)30-20-9-5-3-7-17(20)24(27,28)29/h2-13H,14H2,1H3,(H,30,31)/b11-10+. The van der Waals surface area contributed by atoms with E-state index < -0.39 is 23.5 Å². The number of carbonyl (C=O) groups is 1. The van der Waals surface area contributed by atoms with E-state index in [2.05, 4.69) is 21.2 Å². The van der Waals surface area contributed by atoms with Gasteiger partial charge in [-0.15, -0.1) is 0 Å².